The molecule has 1 amide bonds. The highest BCUT2D eigenvalue weighted by molar-refractivity contribution is 5.80. The Hall–Kier alpha value is -2.50. The molecule has 6 heteroatoms. The molecule has 0 bridgehead atoms. The van der Waals surface area contributed by atoms with Gasteiger partial charge < -0.3 is 9.80 Å². The molecular weight excluding hydrogens is 314 g/mol. The minimum absolute atomic E-state index is 0.113. The maximum atomic E-state index is 13.1. The van der Waals surface area contributed by atoms with E-state index in [-0.39, 0.29) is 12.0 Å². The molecule has 1 unspecified atom stereocenters. The van der Waals surface area contributed by atoms with Gasteiger partial charge in [-0.3, -0.25) is 9.78 Å². The van der Waals surface area contributed by atoms with Crippen LogP contribution in [0, 0.1) is 5.92 Å². The number of pyridine rings is 1. The highest BCUT2D eigenvalue weighted by atomic mass is 16.2. The smallest absolute Gasteiger partial charge is 0.226 e. The van der Waals surface area contributed by atoms with Gasteiger partial charge in [0.1, 0.15) is 0 Å². The standard InChI is InChI=1S/C19H23N5O/c25-18(24-12-1-3-17(24)15-4-10-20-11-5-15)16-6-13-23(14-7-16)19-21-8-2-9-22-19/h2,4-5,8-11,16-17H,1,3,6-7,12-14H2. The van der Waals surface area contributed by atoms with Gasteiger partial charge in [0, 0.05) is 50.3 Å². The molecule has 130 valence electrons. The number of amides is 1. The number of carbonyl (C=O) groups excluding carboxylic acids is 1. The van der Waals surface area contributed by atoms with E-state index < -0.39 is 0 Å². The molecule has 2 aliphatic rings. The van der Waals surface area contributed by atoms with Crippen LogP contribution >= 0.6 is 0 Å². The van der Waals surface area contributed by atoms with Gasteiger partial charge in [-0.25, -0.2) is 9.97 Å². The molecule has 2 aromatic heterocycles. The van der Waals surface area contributed by atoms with Gasteiger partial charge in [-0.15, -0.1) is 0 Å². The zero-order valence-electron chi connectivity index (χ0n) is 14.3. The van der Waals surface area contributed by atoms with E-state index in [2.05, 4.69) is 24.8 Å². The fourth-order valence-corrected chi connectivity index (χ4v) is 3.98. The number of aromatic nitrogens is 3. The van der Waals surface area contributed by atoms with Gasteiger partial charge >= 0.3 is 0 Å². The minimum Gasteiger partial charge on any atom is -0.341 e. The van der Waals surface area contributed by atoms with E-state index in [0.29, 0.717) is 5.91 Å². The molecule has 25 heavy (non-hydrogen) atoms. The highest BCUT2D eigenvalue weighted by Crippen LogP contribution is 2.34. The van der Waals surface area contributed by atoms with Gasteiger partial charge in [0.05, 0.1) is 6.04 Å². The van der Waals surface area contributed by atoms with Crippen molar-refractivity contribution in [3.05, 3.63) is 48.5 Å². The van der Waals surface area contributed by atoms with Crippen molar-refractivity contribution < 1.29 is 4.79 Å². The summed E-state index contributed by atoms with van der Waals surface area (Å²) in [5.41, 5.74) is 1.20. The molecule has 2 aromatic rings. The van der Waals surface area contributed by atoms with Crippen molar-refractivity contribution in [3.63, 3.8) is 0 Å². The Morgan fingerprint density at radius 2 is 1.68 bits per heavy atom. The number of rotatable bonds is 3. The molecule has 4 rings (SSSR count). The van der Waals surface area contributed by atoms with E-state index in [1.807, 2.05) is 30.6 Å². The van der Waals surface area contributed by atoms with Crippen LogP contribution in [0.1, 0.15) is 37.3 Å². The number of hydrogen-bond acceptors (Lipinski definition) is 5. The van der Waals surface area contributed by atoms with E-state index in [1.165, 1.54) is 5.56 Å². The summed E-state index contributed by atoms with van der Waals surface area (Å²) in [5, 5.41) is 0. The summed E-state index contributed by atoms with van der Waals surface area (Å²) in [4.78, 5) is 30.1. The van der Waals surface area contributed by atoms with Crippen LogP contribution in [-0.4, -0.2) is 45.4 Å². The zero-order chi connectivity index (χ0) is 17.1. The summed E-state index contributed by atoms with van der Waals surface area (Å²) >= 11 is 0. The molecule has 6 nitrogen and oxygen atoms in total. The Balaban J connectivity index is 1.40. The van der Waals surface area contributed by atoms with E-state index >= 15 is 0 Å². The maximum absolute atomic E-state index is 13.1. The van der Waals surface area contributed by atoms with Crippen molar-refractivity contribution in [2.24, 2.45) is 5.92 Å². The number of piperidine rings is 1. The second-order valence-electron chi connectivity index (χ2n) is 6.78. The first kappa shape index (κ1) is 16.0. The van der Waals surface area contributed by atoms with Crippen LogP contribution in [0.3, 0.4) is 0 Å². The Labute approximate surface area is 147 Å². The summed E-state index contributed by atoms with van der Waals surface area (Å²) < 4.78 is 0. The first-order valence-corrected chi connectivity index (χ1v) is 9.05. The van der Waals surface area contributed by atoms with Crippen LogP contribution in [0.2, 0.25) is 0 Å². The molecule has 0 aromatic carbocycles. The summed E-state index contributed by atoms with van der Waals surface area (Å²) in [6.07, 6.45) is 11.0. The number of carbonyl (C=O) groups is 1. The monoisotopic (exact) mass is 337 g/mol. The van der Waals surface area contributed by atoms with Crippen LogP contribution in [0.5, 0.6) is 0 Å². The SMILES string of the molecule is O=C(C1CCN(c2ncccn2)CC1)N1CCCC1c1ccncc1. The van der Waals surface area contributed by atoms with E-state index in [9.17, 15) is 4.79 Å². The predicted molar refractivity (Wildman–Crippen MR) is 94.9 cm³/mol. The summed E-state index contributed by atoms with van der Waals surface area (Å²) in [5.74, 6) is 1.19. The van der Waals surface area contributed by atoms with Crippen molar-refractivity contribution in [3.8, 4) is 0 Å². The molecule has 0 aliphatic carbocycles. The third-order valence-corrected chi connectivity index (χ3v) is 5.31. The number of hydrogen-bond donors (Lipinski definition) is 0. The first-order chi connectivity index (χ1) is 12.3. The van der Waals surface area contributed by atoms with E-state index in [0.717, 1.165) is 51.3 Å². The molecule has 0 radical (unpaired) electrons. The quantitative estimate of drug-likeness (QED) is 0.861. The number of anilines is 1. The lowest BCUT2D eigenvalue weighted by Crippen LogP contribution is -2.42. The third kappa shape index (κ3) is 3.34. The van der Waals surface area contributed by atoms with E-state index in [4.69, 9.17) is 0 Å². The lowest BCUT2D eigenvalue weighted by atomic mass is 9.94. The Morgan fingerprint density at radius 1 is 0.960 bits per heavy atom. The van der Waals surface area contributed by atoms with Gasteiger partial charge in [0.2, 0.25) is 11.9 Å². The molecule has 0 saturated carbocycles. The molecule has 1 atom stereocenters. The molecule has 2 fully saturated rings. The highest BCUT2D eigenvalue weighted by Gasteiger charge is 2.35. The second-order valence-corrected chi connectivity index (χ2v) is 6.78. The Morgan fingerprint density at radius 3 is 2.40 bits per heavy atom. The molecule has 2 saturated heterocycles. The van der Waals surface area contributed by atoms with Gasteiger partial charge in [-0.2, -0.15) is 0 Å². The molecular formula is C19H23N5O. The third-order valence-electron chi connectivity index (χ3n) is 5.31. The maximum Gasteiger partial charge on any atom is 0.226 e. The van der Waals surface area contributed by atoms with E-state index in [1.54, 1.807) is 12.4 Å². The van der Waals surface area contributed by atoms with Crippen molar-refractivity contribution in [2.75, 3.05) is 24.5 Å². The fraction of sp³-hybridized carbons (Fsp3) is 0.474. The second kappa shape index (κ2) is 7.17. The van der Waals surface area contributed by atoms with Crippen molar-refractivity contribution in [1.29, 1.82) is 0 Å². The van der Waals surface area contributed by atoms with Crippen LogP contribution in [0.15, 0.2) is 43.0 Å². The van der Waals surface area contributed by atoms with Crippen LogP contribution in [-0.2, 0) is 4.79 Å². The normalized spacial score (nSPS) is 21.5. The van der Waals surface area contributed by atoms with Crippen molar-refractivity contribution in [2.45, 2.75) is 31.7 Å². The van der Waals surface area contributed by atoms with Crippen LogP contribution in [0.25, 0.3) is 0 Å². The van der Waals surface area contributed by atoms with Gasteiger partial charge in [-0.1, -0.05) is 0 Å². The lowest BCUT2D eigenvalue weighted by molar-refractivity contribution is -0.137. The number of nitrogens with zero attached hydrogens (tertiary/aromatic N) is 5. The first-order valence-electron chi connectivity index (χ1n) is 9.05. The number of likely N-dealkylation sites (tertiary alicyclic amines) is 1. The average Bonchev–Trinajstić information content (AvgIpc) is 3.19. The van der Waals surface area contributed by atoms with Gasteiger partial charge in [0.25, 0.3) is 0 Å². The van der Waals surface area contributed by atoms with Crippen molar-refractivity contribution in [1.82, 2.24) is 19.9 Å². The van der Waals surface area contributed by atoms with Gasteiger partial charge in [0.15, 0.2) is 0 Å². The summed E-state index contributed by atoms with van der Waals surface area (Å²) in [7, 11) is 0. The van der Waals surface area contributed by atoms with Crippen molar-refractivity contribution >= 4 is 11.9 Å². The average molecular weight is 337 g/mol. The Bertz CT molecular complexity index is 700. The molecule has 4 heterocycles. The van der Waals surface area contributed by atoms with Crippen LogP contribution < -0.4 is 4.90 Å². The van der Waals surface area contributed by atoms with Crippen LogP contribution in [0.4, 0.5) is 5.95 Å². The van der Waals surface area contributed by atoms with Gasteiger partial charge in [-0.05, 0) is 49.4 Å². The summed E-state index contributed by atoms with van der Waals surface area (Å²) in [6, 6.07) is 6.11. The minimum atomic E-state index is 0.113. The molecule has 0 spiro atoms. The predicted octanol–water partition coefficient (Wildman–Crippen LogP) is 2.45. The topological polar surface area (TPSA) is 62.2 Å². The fourth-order valence-electron chi connectivity index (χ4n) is 3.98. The largest absolute Gasteiger partial charge is 0.341 e. The molecule has 0 N–H and O–H groups in total. The molecule has 2 aliphatic heterocycles. The lowest BCUT2D eigenvalue weighted by Gasteiger charge is -2.35. The Kier molecular flexibility index (Phi) is 4.59. The summed E-state index contributed by atoms with van der Waals surface area (Å²) in [6.45, 7) is 2.55. The zero-order valence-corrected chi connectivity index (χ0v) is 14.3.